The Hall–Kier alpha value is -3.55. The number of fused-ring (bicyclic) bond motifs is 1. The number of hydrogen-bond donors (Lipinski definition) is 1. The standard InChI is InChI=1S/C22H22N4O4/c1-13(2)21-24-19(25-30-21)12-23-20(28)16-11-15-17(9-6-10-18(15)27)26(22(16)29)14-7-4-3-5-8-14/h3-5,7-8,11,13H,6,9-10,12H2,1-2H3,(H,23,28). The lowest BCUT2D eigenvalue weighted by atomic mass is 9.92. The molecule has 0 saturated heterocycles. The van der Waals surface area contributed by atoms with Crippen molar-refractivity contribution in [2.45, 2.75) is 45.6 Å². The highest BCUT2D eigenvalue weighted by molar-refractivity contribution is 6.01. The van der Waals surface area contributed by atoms with Crippen LogP contribution in [0.5, 0.6) is 0 Å². The predicted octanol–water partition coefficient (Wildman–Crippen LogP) is 2.79. The molecule has 0 saturated carbocycles. The molecule has 0 unspecified atom stereocenters. The molecule has 0 aliphatic heterocycles. The average molecular weight is 406 g/mol. The molecular formula is C22H22N4O4. The maximum Gasteiger partial charge on any atom is 0.268 e. The first kappa shape index (κ1) is 19.8. The van der Waals surface area contributed by atoms with Crippen molar-refractivity contribution in [3.8, 4) is 5.69 Å². The molecule has 2 aromatic heterocycles. The fourth-order valence-electron chi connectivity index (χ4n) is 3.53. The normalized spacial score (nSPS) is 13.4. The molecule has 30 heavy (non-hydrogen) atoms. The van der Waals surface area contributed by atoms with Gasteiger partial charge >= 0.3 is 0 Å². The van der Waals surface area contributed by atoms with Gasteiger partial charge in [0.15, 0.2) is 11.6 Å². The van der Waals surface area contributed by atoms with E-state index in [9.17, 15) is 14.4 Å². The average Bonchev–Trinajstić information content (AvgIpc) is 3.22. The van der Waals surface area contributed by atoms with Gasteiger partial charge in [0.25, 0.3) is 11.5 Å². The summed E-state index contributed by atoms with van der Waals surface area (Å²) in [5.74, 6) is 0.234. The Morgan fingerprint density at radius 1 is 1.20 bits per heavy atom. The van der Waals surface area contributed by atoms with Gasteiger partial charge in [0.05, 0.1) is 6.54 Å². The second-order valence-electron chi connectivity index (χ2n) is 7.56. The van der Waals surface area contributed by atoms with Crippen molar-refractivity contribution in [2.24, 2.45) is 0 Å². The second-order valence-corrected chi connectivity index (χ2v) is 7.56. The van der Waals surface area contributed by atoms with E-state index in [0.29, 0.717) is 47.9 Å². The van der Waals surface area contributed by atoms with E-state index in [1.807, 2.05) is 32.0 Å². The molecule has 1 aromatic carbocycles. The zero-order chi connectivity index (χ0) is 21.3. The number of aromatic nitrogens is 3. The molecule has 1 amide bonds. The highest BCUT2D eigenvalue weighted by Gasteiger charge is 2.26. The first-order chi connectivity index (χ1) is 14.5. The smallest absolute Gasteiger partial charge is 0.268 e. The maximum absolute atomic E-state index is 13.2. The Kier molecular flexibility index (Phi) is 5.31. The van der Waals surface area contributed by atoms with Gasteiger partial charge in [0, 0.05) is 29.3 Å². The van der Waals surface area contributed by atoms with Crippen molar-refractivity contribution >= 4 is 11.7 Å². The lowest BCUT2D eigenvalue weighted by Crippen LogP contribution is -2.36. The number of para-hydroxylation sites is 1. The first-order valence-electron chi connectivity index (χ1n) is 9.94. The Bertz CT molecular complexity index is 1160. The molecule has 0 radical (unpaired) electrons. The van der Waals surface area contributed by atoms with Gasteiger partial charge in [-0.05, 0) is 31.0 Å². The molecule has 1 aliphatic carbocycles. The van der Waals surface area contributed by atoms with Crippen molar-refractivity contribution in [1.29, 1.82) is 0 Å². The molecule has 0 fully saturated rings. The molecule has 0 bridgehead atoms. The van der Waals surface area contributed by atoms with Crippen molar-refractivity contribution in [3.05, 3.63) is 75.3 Å². The van der Waals surface area contributed by atoms with E-state index < -0.39 is 11.5 Å². The largest absolute Gasteiger partial charge is 0.344 e. The van der Waals surface area contributed by atoms with Crippen LogP contribution in [0.3, 0.4) is 0 Å². The summed E-state index contributed by atoms with van der Waals surface area (Å²) >= 11 is 0. The quantitative estimate of drug-likeness (QED) is 0.698. The lowest BCUT2D eigenvalue weighted by molar-refractivity contribution is 0.0947. The van der Waals surface area contributed by atoms with Gasteiger partial charge in [-0.25, -0.2) is 0 Å². The number of carbonyl (C=O) groups excluding carboxylic acids is 2. The van der Waals surface area contributed by atoms with Crippen molar-refractivity contribution < 1.29 is 14.1 Å². The van der Waals surface area contributed by atoms with Crippen LogP contribution in [0, 0.1) is 0 Å². The molecule has 8 nitrogen and oxygen atoms in total. The minimum atomic E-state index is -0.582. The van der Waals surface area contributed by atoms with E-state index in [2.05, 4.69) is 15.5 Å². The van der Waals surface area contributed by atoms with Gasteiger partial charge < -0.3 is 9.84 Å². The van der Waals surface area contributed by atoms with Gasteiger partial charge in [-0.1, -0.05) is 37.2 Å². The molecule has 8 heteroatoms. The number of carbonyl (C=O) groups is 2. The minimum Gasteiger partial charge on any atom is -0.344 e. The molecule has 4 rings (SSSR count). The van der Waals surface area contributed by atoms with Crippen LogP contribution in [0.2, 0.25) is 0 Å². The van der Waals surface area contributed by atoms with Gasteiger partial charge in [-0.3, -0.25) is 19.0 Å². The number of amides is 1. The third-order valence-electron chi connectivity index (χ3n) is 5.06. The number of rotatable bonds is 5. The SMILES string of the molecule is CC(C)c1nc(CNC(=O)c2cc3c(n(-c4ccccc4)c2=O)CCCC3=O)no1. The predicted molar refractivity (Wildman–Crippen MR) is 109 cm³/mol. The van der Waals surface area contributed by atoms with E-state index in [0.717, 1.165) is 0 Å². The Morgan fingerprint density at radius 3 is 2.67 bits per heavy atom. The van der Waals surface area contributed by atoms with Gasteiger partial charge in [-0.15, -0.1) is 0 Å². The molecule has 1 N–H and O–H groups in total. The number of nitrogens with zero attached hydrogens (tertiary/aromatic N) is 3. The van der Waals surface area contributed by atoms with E-state index in [-0.39, 0.29) is 23.8 Å². The van der Waals surface area contributed by atoms with Crippen LogP contribution < -0.4 is 10.9 Å². The number of ketones is 1. The molecule has 154 valence electrons. The number of benzene rings is 1. The van der Waals surface area contributed by atoms with Crippen LogP contribution in [-0.2, 0) is 13.0 Å². The van der Waals surface area contributed by atoms with Crippen LogP contribution >= 0.6 is 0 Å². The van der Waals surface area contributed by atoms with Crippen LogP contribution in [-0.4, -0.2) is 26.4 Å². The number of pyridine rings is 1. The molecule has 0 spiro atoms. The summed E-state index contributed by atoms with van der Waals surface area (Å²) in [5, 5.41) is 6.49. The Morgan fingerprint density at radius 2 is 1.97 bits per heavy atom. The summed E-state index contributed by atoms with van der Waals surface area (Å²) in [6.07, 6.45) is 1.69. The fourth-order valence-corrected chi connectivity index (χ4v) is 3.53. The number of Topliss-reactive ketones (excluding diaryl/α,β-unsaturated/α-hetero) is 1. The van der Waals surface area contributed by atoms with E-state index in [1.165, 1.54) is 10.6 Å². The van der Waals surface area contributed by atoms with Crippen molar-refractivity contribution in [1.82, 2.24) is 20.0 Å². The summed E-state index contributed by atoms with van der Waals surface area (Å²) in [6.45, 7) is 3.86. The Labute approximate surface area is 172 Å². The van der Waals surface area contributed by atoms with Crippen molar-refractivity contribution in [2.75, 3.05) is 0 Å². The molecular weight excluding hydrogens is 384 g/mol. The summed E-state index contributed by atoms with van der Waals surface area (Å²) < 4.78 is 6.61. The van der Waals surface area contributed by atoms with Gasteiger partial charge in [0.1, 0.15) is 5.56 Å². The van der Waals surface area contributed by atoms with Crippen LogP contribution in [0.4, 0.5) is 0 Å². The van der Waals surface area contributed by atoms with Crippen LogP contribution in [0.25, 0.3) is 5.69 Å². The number of nitrogens with one attached hydrogen (secondary N) is 1. The minimum absolute atomic E-state index is 0.0187. The van der Waals surface area contributed by atoms with Crippen molar-refractivity contribution in [3.63, 3.8) is 0 Å². The first-order valence-corrected chi connectivity index (χ1v) is 9.94. The van der Waals surface area contributed by atoms with Gasteiger partial charge in [-0.2, -0.15) is 4.98 Å². The fraction of sp³-hybridized carbons (Fsp3) is 0.318. The number of hydrogen-bond acceptors (Lipinski definition) is 6. The summed E-state index contributed by atoms with van der Waals surface area (Å²) in [4.78, 5) is 42.8. The zero-order valence-electron chi connectivity index (χ0n) is 16.8. The maximum atomic E-state index is 13.2. The molecule has 0 atom stereocenters. The zero-order valence-corrected chi connectivity index (χ0v) is 16.8. The summed E-state index contributed by atoms with van der Waals surface area (Å²) in [5.41, 5.74) is 1.17. The van der Waals surface area contributed by atoms with Gasteiger partial charge in [0.2, 0.25) is 5.89 Å². The van der Waals surface area contributed by atoms with Crippen LogP contribution in [0.15, 0.2) is 45.7 Å². The molecule has 2 heterocycles. The third-order valence-corrected chi connectivity index (χ3v) is 5.06. The monoisotopic (exact) mass is 406 g/mol. The summed E-state index contributed by atoms with van der Waals surface area (Å²) in [7, 11) is 0. The summed E-state index contributed by atoms with van der Waals surface area (Å²) in [6, 6.07) is 10.5. The lowest BCUT2D eigenvalue weighted by Gasteiger charge is -2.21. The highest BCUT2D eigenvalue weighted by Crippen LogP contribution is 2.23. The second kappa shape index (κ2) is 8.06. The van der Waals surface area contributed by atoms with E-state index >= 15 is 0 Å². The Balaban J connectivity index is 1.70. The van der Waals surface area contributed by atoms with Crippen LogP contribution in [0.1, 0.15) is 70.7 Å². The molecule has 1 aliphatic rings. The third kappa shape index (κ3) is 3.68. The highest BCUT2D eigenvalue weighted by atomic mass is 16.5. The van der Waals surface area contributed by atoms with E-state index in [4.69, 9.17) is 4.52 Å². The van der Waals surface area contributed by atoms with E-state index in [1.54, 1.807) is 12.1 Å². The molecule has 3 aromatic rings. The topological polar surface area (TPSA) is 107 Å².